The average molecular weight is 212 g/mol. The van der Waals surface area contributed by atoms with Gasteiger partial charge in [0.05, 0.1) is 6.61 Å². The summed E-state index contributed by atoms with van der Waals surface area (Å²) in [5, 5.41) is 0. The average Bonchev–Trinajstić information content (AvgIpc) is 2.14. The van der Waals surface area contributed by atoms with E-state index in [4.69, 9.17) is 4.74 Å². The zero-order chi connectivity index (χ0) is 11.6. The quantitative estimate of drug-likeness (QED) is 0.520. The lowest BCUT2D eigenvalue weighted by Crippen LogP contribution is -2.44. The summed E-state index contributed by atoms with van der Waals surface area (Å²) in [4.78, 5) is 23.7. The van der Waals surface area contributed by atoms with Crippen LogP contribution in [-0.2, 0) is 14.3 Å². The molecule has 15 heavy (non-hydrogen) atoms. The Labute approximate surface area is 91.2 Å². The number of carbonyl (C=O) groups excluding carboxylic acids is 2. The topological polar surface area (TPSA) is 43.4 Å². The molecular formula is C12H20O3. The number of hydrogen-bond acceptors (Lipinski definition) is 3. The monoisotopic (exact) mass is 212 g/mol. The van der Waals surface area contributed by atoms with Crippen molar-refractivity contribution in [2.24, 2.45) is 17.3 Å². The molecule has 0 spiro atoms. The first-order chi connectivity index (χ1) is 6.90. The molecule has 0 aliphatic heterocycles. The van der Waals surface area contributed by atoms with Crippen LogP contribution in [0.5, 0.6) is 0 Å². The minimum atomic E-state index is -0.548. The highest BCUT2D eigenvalue weighted by molar-refractivity contribution is 6.02. The van der Waals surface area contributed by atoms with Gasteiger partial charge in [0, 0.05) is 5.41 Å². The van der Waals surface area contributed by atoms with Gasteiger partial charge in [0.25, 0.3) is 0 Å². The maximum atomic E-state index is 12.1. The van der Waals surface area contributed by atoms with Crippen molar-refractivity contribution in [2.45, 2.75) is 40.5 Å². The van der Waals surface area contributed by atoms with Crippen molar-refractivity contribution in [3.63, 3.8) is 0 Å². The van der Waals surface area contributed by atoms with Gasteiger partial charge in [0.2, 0.25) is 0 Å². The Bertz CT molecular complexity index is 268. The number of carbonyl (C=O) groups is 2. The summed E-state index contributed by atoms with van der Waals surface area (Å²) in [5.74, 6) is -0.735. The molecule has 0 aromatic carbocycles. The second-order valence-corrected chi connectivity index (χ2v) is 4.99. The standard InChI is InChI=1S/C12H20O3/c1-5-15-11(14)9-8(2)6-7-12(3,4)10(9)13/h8-9H,5-7H2,1-4H3/t8-,9-/m0/s1. The lowest BCUT2D eigenvalue weighted by molar-refractivity contribution is -0.158. The molecule has 0 amide bonds. The van der Waals surface area contributed by atoms with E-state index < -0.39 is 5.92 Å². The molecule has 0 radical (unpaired) electrons. The van der Waals surface area contributed by atoms with E-state index in [0.717, 1.165) is 12.8 Å². The van der Waals surface area contributed by atoms with E-state index in [9.17, 15) is 9.59 Å². The van der Waals surface area contributed by atoms with Crippen LogP contribution in [0.3, 0.4) is 0 Å². The van der Waals surface area contributed by atoms with Crippen molar-refractivity contribution >= 4 is 11.8 Å². The summed E-state index contributed by atoms with van der Waals surface area (Å²) >= 11 is 0. The summed E-state index contributed by atoms with van der Waals surface area (Å²) in [6, 6.07) is 0. The molecule has 0 N–H and O–H groups in total. The maximum Gasteiger partial charge on any atom is 0.316 e. The van der Waals surface area contributed by atoms with Crippen molar-refractivity contribution in [1.29, 1.82) is 0 Å². The van der Waals surface area contributed by atoms with E-state index in [1.165, 1.54) is 0 Å². The second kappa shape index (κ2) is 4.33. The number of ether oxygens (including phenoxy) is 1. The summed E-state index contributed by atoms with van der Waals surface area (Å²) in [6.45, 7) is 7.88. The molecular weight excluding hydrogens is 192 g/mol. The molecule has 0 aromatic heterocycles. The van der Waals surface area contributed by atoms with Gasteiger partial charge in [-0.3, -0.25) is 9.59 Å². The Balaban J connectivity index is 2.84. The molecule has 0 heterocycles. The van der Waals surface area contributed by atoms with E-state index in [1.54, 1.807) is 6.92 Å². The number of ketones is 1. The predicted octanol–water partition coefficient (Wildman–Crippen LogP) is 2.19. The second-order valence-electron chi connectivity index (χ2n) is 4.99. The van der Waals surface area contributed by atoms with Crippen LogP contribution >= 0.6 is 0 Å². The Hall–Kier alpha value is -0.860. The van der Waals surface area contributed by atoms with Crippen LogP contribution in [0.15, 0.2) is 0 Å². The fraction of sp³-hybridized carbons (Fsp3) is 0.833. The molecule has 1 saturated carbocycles. The van der Waals surface area contributed by atoms with Gasteiger partial charge in [0.15, 0.2) is 5.78 Å². The van der Waals surface area contributed by atoms with Gasteiger partial charge in [0.1, 0.15) is 5.92 Å². The minimum absolute atomic E-state index is 0.0414. The van der Waals surface area contributed by atoms with E-state index in [1.807, 2.05) is 20.8 Å². The van der Waals surface area contributed by atoms with Crippen LogP contribution < -0.4 is 0 Å². The van der Waals surface area contributed by atoms with Crippen molar-refractivity contribution in [3.8, 4) is 0 Å². The lowest BCUT2D eigenvalue weighted by Gasteiger charge is -2.36. The SMILES string of the molecule is CCOC(=O)[C@@H]1C(=O)C(C)(C)CC[C@@H]1C. The zero-order valence-corrected chi connectivity index (χ0v) is 10.0. The first-order valence-electron chi connectivity index (χ1n) is 5.61. The highest BCUT2D eigenvalue weighted by Gasteiger charge is 2.45. The number of rotatable bonds is 2. The molecule has 86 valence electrons. The Morgan fingerprint density at radius 2 is 2.13 bits per heavy atom. The molecule has 3 heteroatoms. The van der Waals surface area contributed by atoms with Crippen LogP contribution in [0.25, 0.3) is 0 Å². The lowest BCUT2D eigenvalue weighted by atomic mass is 9.66. The van der Waals surface area contributed by atoms with Gasteiger partial charge in [-0.05, 0) is 25.7 Å². The molecule has 2 atom stereocenters. The van der Waals surface area contributed by atoms with E-state index in [0.29, 0.717) is 6.61 Å². The molecule has 3 nitrogen and oxygen atoms in total. The number of Topliss-reactive ketones (excluding diaryl/α,β-unsaturated/α-hetero) is 1. The van der Waals surface area contributed by atoms with Gasteiger partial charge in [-0.15, -0.1) is 0 Å². The third-order valence-corrected chi connectivity index (χ3v) is 3.28. The van der Waals surface area contributed by atoms with Crippen molar-refractivity contribution in [3.05, 3.63) is 0 Å². The number of esters is 1. The molecule has 1 rings (SSSR count). The predicted molar refractivity (Wildman–Crippen MR) is 57.3 cm³/mol. The van der Waals surface area contributed by atoms with Gasteiger partial charge in [-0.2, -0.15) is 0 Å². The van der Waals surface area contributed by atoms with E-state index in [2.05, 4.69) is 0 Å². The Morgan fingerprint density at radius 3 is 2.67 bits per heavy atom. The molecule has 1 fully saturated rings. The summed E-state index contributed by atoms with van der Waals surface area (Å²) in [6.07, 6.45) is 1.78. The van der Waals surface area contributed by atoms with E-state index in [-0.39, 0.29) is 23.1 Å². The third-order valence-electron chi connectivity index (χ3n) is 3.28. The Morgan fingerprint density at radius 1 is 1.53 bits per heavy atom. The third kappa shape index (κ3) is 2.39. The van der Waals surface area contributed by atoms with Gasteiger partial charge >= 0.3 is 5.97 Å². The van der Waals surface area contributed by atoms with Gasteiger partial charge < -0.3 is 4.74 Å². The maximum absolute atomic E-state index is 12.1. The van der Waals surface area contributed by atoms with Crippen LogP contribution in [0, 0.1) is 17.3 Å². The smallest absolute Gasteiger partial charge is 0.316 e. The van der Waals surface area contributed by atoms with Crippen molar-refractivity contribution in [2.75, 3.05) is 6.61 Å². The Kier molecular flexibility index (Phi) is 3.53. The zero-order valence-electron chi connectivity index (χ0n) is 10.0. The summed E-state index contributed by atoms with van der Waals surface area (Å²) in [5.41, 5.74) is -0.371. The normalized spacial score (nSPS) is 30.0. The van der Waals surface area contributed by atoms with Gasteiger partial charge in [-0.1, -0.05) is 20.8 Å². The van der Waals surface area contributed by atoms with Crippen molar-refractivity contribution < 1.29 is 14.3 Å². The molecule has 0 saturated heterocycles. The van der Waals surface area contributed by atoms with E-state index >= 15 is 0 Å². The highest BCUT2D eigenvalue weighted by atomic mass is 16.5. The number of hydrogen-bond donors (Lipinski definition) is 0. The van der Waals surface area contributed by atoms with Gasteiger partial charge in [-0.25, -0.2) is 0 Å². The molecule has 1 aliphatic carbocycles. The first kappa shape index (κ1) is 12.2. The van der Waals surface area contributed by atoms with Crippen molar-refractivity contribution in [1.82, 2.24) is 0 Å². The highest BCUT2D eigenvalue weighted by Crippen LogP contribution is 2.39. The van der Waals surface area contributed by atoms with Crippen LogP contribution in [-0.4, -0.2) is 18.4 Å². The summed E-state index contributed by atoms with van der Waals surface area (Å²) < 4.78 is 4.96. The molecule has 0 aromatic rings. The molecule has 1 aliphatic rings. The van der Waals surface area contributed by atoms with Crippen LogP contribution in [0.2, 0.25) is 0 Å². The molecule has 0 unspecified atom stereocenters. The van der Waals surface area contributed by atoms with Crippen LogP contribution in [0.4, 0.5) is 0 Å². The summed E-state index contributed by atoms with van der Waals surface area (Å²) in [7, 11) is 0. The fourth-order valence-corrected chi connectivity index (χ4v) is 2.13. The van der Waals surface area contributed by atoms with Crippen LogP contribution in [0.1, 0.15) is 40.5 Å². The molecule has 0 bridgehead atoms. The fourth-order valence-electron chi connectivity index (χ4n) is 2.13. The first-order valence-corrected chi connectivity index (χ1v) is 5.61. The minimum Gasteiger partial charge on any atom is -0.465 e. The largest absolute Gasteiger partial charge is 0.465 e.